The van der Waals surface area contributed by atoms with E-state index in [-0.39, 0.29) is 5.78 Å². The van der Waals surface area contributed by atoms with Crippen LogP contribution >= 0.6 is 0 Å². The fraction of sp³-hybridized carbons (Fsp3) is 0.0667. The SMILES string of the molecule is CC(=O)c1cccc(Nc2ccc(C(N)=O)cc2N)c1. The highest BCUT2D eigenvalue weighted by Crippen LogP contribution is 2.24. The highest BCUT2D eigenvalue weighted by molar-refractivity contribution is 5.96. The molecule has 0 saturated heterocycles. The van der Waals surface area contributed by atoms with Crippen molar-refractivity contribution >= 4 is 28.8 Å². The lowest BCUT2D eigenvalue weighted by Crippen LogP contribution is -2.11. The van der Waals surface area contributed by atoms with E-state index in [1.807, 2.05) is 6.07 Å². The molecule has 5 heteroatoms. The first-order chi connectivity index (χ1) is 9.47. The summed E-state index contributed by atoms with van der Waals surface area (Å²) in [5.41, 5.74) is 13.8. The van der Waals surface area contributed by atoms with E-state index in [2.05, 4.69) is 5.32 Å². The van der Waals surface area contributed by atoms with E-state index in [1.54, 1.807) is 30.3 Å². The molecular formula is C15H15N3O2. The first-order valence-electron chi connectivity index (χ1n) is 6.04. The summed E-state index contributed by atoms with van der Waals surface area (Å²) in [6, 6.07) is 11.9. The quantitative estimate of drug-likeness (QED) is 0.586. The summed E-state index contributed by atoms with van der Waals surface area (Å²) < 4.78 is 0. The van der Waals surface area contributed by atoms with Crippen molar-refractivity contribution in [1.82, 2.24) is 0 Å². The Bertz CT molecular complexity index is 681. The molecule has 0 atom stereocenters. The molecule has 0 aliphatic carbocycles. The first-order valence-corrected chi connectivity index (χ1v) is 6.04. The van der Waals surface area contributed by atoms with Gasteiger partial charge in [0.25, 0.3) is 0 Å². The number of anilines is 3. The Morgan fingerprint density at radius 2 is 1.80 bits per heavy atom. The van der Waals surface area contributed by atoms with Gasteiger partial charge >= 0.3 is 0 Å². The fourth-order valence-corrected chi connectivity index (χ4v) is 1.80. The molecule has 0 fully saturated rings. The minimum Gasteiger partial charge on any atom is -0.397 e. The van der Waals surface area contributed by atoms with Gasteiger partial charge in [-0.05, 0) is 37.3 Å². The standard InChI is InChI=1S/C15H15N3O2/c1-9(19)10-3-2-4-12(7-10)18-14-6-5-11(15(17)20)8-13(14)16/h2-8,18H,16H2,1H3,(H2,17,20). The van der Waals surface area contributed by atoms with E-state index in [0.717, 1.165) is 5.69 Å². The van der Waals surface area contributed by atoms with Gasteiger partial charge in [-0.3, -0.25) is 9.59 Å². The molecule has 20 heavy (non-hydrogen) atoms. The molecule has 102 valence electrons. The van der Waals surface area contributed by atoms with Crippen LogP contribution in [0.1, 0.15) is 27.6 Å². The lowest BCUT2D eigenvalue weighted by Gasteiger charge is -2.11. The second-order valence-corrected chi connectivity index (χ2v) is 4.43. The lowest BCUT2D eigenvalue weighted by atomic mass is 10.1. The maximum atomic E-state index is 11.3. The third-order valence-corrected chi connectivity index (χ3v) is 2.88. The van der Waals surface area contributed by atoms with Crippen LogP contribution in [0.4, 0.5) is 17.1 Å². The first kappa shape index (κ1) is 13.6. The summed E-state index contributed by atoms with van der Waals surface area (Å²) in [4.78, 5) is 22.4. The second kappa shape index (κ2) is 5.44. The van der Waals surface area contributed by atoms with Crippen molar-refractivity contribution in [2.45, 2.75) is 6.92 Å². The molecule has 0 bridgehead atoms. The number of nitrogens with two attached hydrogens (primary N) is 2. The van der Waals surface area contributed by atoms with Gasteiger partial charge in [0, 0.05) is 16.8 Å². The fourth-order valence-electron chi connectivity index (χ4n) is 1.80. The minimum atomic E-state index is -0.526. The van der Waals surface area contributed by atoms with Gasteiger partial charge in [-0.25, -0.2) is 0 Å². The topological polar surface area (TPSA) is 98.2 Å². The molecular weight excluding hydrogens is 254 g/mol. The van der Waals surface area contributed by atoms with E-state index < -0.39 is 5.91 Å². The minimum absolute atomic E-state index is 0.00861. The maximum Gasteiger partial charge on any atom is 0.248 e. The number of rotatable bonds is 4. The van der Waals surface area contributed by atoms with Crippen LogP contribution in [0.5, 0.6) is 0 Å². The van der Waals surface area contributed by atoms with Crippen LogP contribution in [0, 0.1) is 0 Å². The summed E-state index contributed by atoms with van der Waals surface area (Å²) in [5, 5.41) is 3.10. The number of amides is 1. The van der Waals surface area contributed by atoms with Gasteiger partial charge in [0.05, 0.1) is 11.4 Å². The van der Waals surface area contributed by atoms with Crippen LogP contribution < -0.4 is 16.8 Å². The molecule has 0 heterocycles. The predicted molar refractivity (Wildman–Crippen MR) is 79.1 cm³/mol. The average Bonchev–Trinajstić information content (AvgIpc) is 2.41. The van der Waals surface area contributed by atoms with Crippen LogP contribution in [-0.4, -0.2) is 11.7 Å². The molecule has 0 unspecified atom stereocenters. The molecule has 0 aliphatic rings. The van der Waals surface area contributed by atoms with Crippen LogP contribution in [0.2, 0.25) is 0 Å². The number of primary amides is 1. The van der Waals surface area contributed by atoms with Gasteiger partial charge in [0.15, 0.2) is 5.78 Å². The number of ketones is 1. The highest BCUT2D eigenvalue weighted by Gasteiger charge is 2.06. The number of nitrogens with one attached hydrogen (secondary N) is 1. The molecule has 2 rings (SSSR count). The number of carbonyl (C=O) groups is 2. The Balaban J connectivity index is 2.28. The zero-order valence-corrected chi connectivity index (χ0v) is 11.0. The highest BCUT2D eigenvalue weighted by atomic mass is 16.1. The number of carbonyl (C=O) groups excluding carboxylic acids is 2. The Labute approximate surface area is 116 Å². The number of hydrogen-bond acceptors (Lipinski definition) is 4. The van der Waals surface area contributed by atoms with Gasteiger partial charge in [0.2, 0.25) is 5.91 Å². The molecule has 5 nitrogen and oxygen atoms in total. The summed E-state index contributed by atoms with van der Waals surface area (Å²) >= 11 is 0. The average molecular weight is 269 g/mol. The zero-order chi connectivity index (χ0) is 14.7. The van der Waals surface area contributed by atoms with Crippen molar-refractivity contribution in [3.63, 3.8) is 0 Å². The van der Waals surface area contributed by atoms with E-state index in [1.165, 1.54) is 13.0 Å². The van der Waals surface area contributed by atoms with Gasteiger partial charge in [-0.1, -0.05) is 12.1 Å². The molecule has 0 radical (unpaired) electrons. The van der Waals surface area contributed by atoms with E-state index in [9.17, 15) is 9.59 Å². The Morgan fingerprint density at radius 3 is 2.40 bits per heavy atom. The lowest BCUT2D eigenvalue weighted by molar-refractivity contribution is 0.0996. The Morgan fingerprint density at radius 1 is 1.05 bits per heavy atom. The van der Waals surface area contributed by atoms with Crippen molar-refractivity contribution < 1.29 is 9.59 Å². The summed E-state index contributed by atoms with van der Waals surface area (Å²) in [6.45, 7) is 1.51. The maximum absolute atomic E-state index is 11.3. The molecule has 5 N–H and O–H groups in total. The monoisotopic (exact) mass is 269 g/mol. The van der Waals surface area contributed by atoms with Gasteiger partial charge in [0.1, 0.15) is 0 Å². The smallest absolute Gasteiger partial charge is 0.248 e. The van der Waals surface area contributed by atoms with Crippen LogP contribution in [0.15, 0.2) is 42.5 Å². The van der Waals surface area contributed by atoms with Crippen LogP contribution in [-0.2, 0) is 0 Å². The number of nitrogen functional groups attached to an aromatic ring is 1. The van der Waals surface area contributed by atoms with Crippen molar-refractivity contribution in [3.05, 3.63) is 53.6 Å². The van der Waals surface area contributed by atoms with Crippen LogP contribution in [0.3, 0.4) is 0 Å². The van der Waals surface area contributed by atoms with Crippen molar-refractivity contribution in [2.24, 2.45) is 5.73 Å². The van der Waals surface area contributed by atoms with Crippen molar-refractivity contribution in [1.29, 1.82) is 0 Å². The molecule has 0 saturated carbocycles. The summed E-state index contributed by atoms with van der Waals surface area (Å²) in [6.07, 6.45) is 0. The van der Waals surface area contributed by atoms with Gasteiger partial charge in [-0.15, -0.1) is 0 Å². The molecule has 0 spiro atoms. The van der Waals surface area contributed by atoms with Crippen molar-refractivity contribution in [3.8, 4) is 0 Å². The molecule has 2 aromatic carbocycles. The third kappa shape index (κ3) is 2.95. The van der Waals surface area contributed by atoms with E-state index in [4.69, 9.17) is 11.5 Å². The largest absolute Gasteiger partial charge is 0.397 e. The van der Waals surface area contributed by atoms with E-state index >= 15 is 0 Å². The number of hydrogen-bond donors (Lipinski definition) is 3. The second-order valence-electron chi connectivity index (χ2n) is 4.43. The summed E-state index contributed by atoms with van der Waals surface area (Å²) in [7, 11) is 0. The van der Waals surface area contributed by atoms with Crippen molar-refractivity contribution in [2.75, 3.05) is 11.1 Å². The molecule has 0 aliphatic heterocycles. The number of benzene rings is 2. The van der Waals surface area contributed by atoms with Crippen LogP contribution in [0.25, 0.3) is 0 Å². The zero-order valence-electron chi connectivity index (χ0n) is 11.0. The Hall–Kier alpha value is -2.82. The van der Waals surface area contributed by atoms with E-state index in [0.29, 0.717) is 22.5 Å². The molecule has 1 amide bonds. The predicted octanol–water partition coefficient (Wildman–Crippen LogP) is 2.31. The Kier molecular flexibility index (Phi) is 3.70. The number of Topliss-reactive ketones (excluding diaryl/α,β-unsaturated/α-hetero) is 1. The van der Waals surface area contributed by atoms with Gasteiger partial charge < -0.3 is 16.8 Å². The third-order valence-electron chi connectivity index (χ3n) is 2.88. The molecule has 0 aromatic heterocycles. The normalized spacial score (nSPS) is 10.1. The van der Waals surface area contributed by atoms with Gasteiger partial charge in [-0.2, -0.15) is 0 Å². The summed E-state index contributed by atoms with van der Waals surface area (Å²) in [5.74, 6) is -0.535. The molecule has 2 aromatic rings.